The Bertz CT molecular complexity index is 279. The van der Waals surface area contributed by atoms with Gasteiger partial charge in [-0.1, -0.05) is 0 Å². The molecule has 0 radical (unpaired) electrons. The SMILES string of the molecule is N=C(N)N=NCc1ccncc1. The van der Waals surface area contributed by atoms with E-state index >= 15 is 0 Å². The Kier molecular flexibility index (Phi) is 2.89. The molecule has 0 saturated carbocycles. The third-order valence-corrected chi connectivity index (χ3v) is 1.18. The van der Waals surface area contributed by atoms with Crippen molar-refractivity contribution < 1.29 is 0 Å². The van der Waals surface area contributed by atoms with Gasteiger partial charge in [-0.2, -0.15) is 5.11 Å². The fraction of sp³-hybridized carbons (Fsp3) is 0.143. The van der Waals surface area contributed by atoms with Gasteiger partial charge in [-0.25, -0.2) is 0 Å². The average molecular weight is 163 g/mol. The first-order valence-electron chi connectivity index (χ1n) is 3.39. The third kappa shape index (κ3) is 2.87. The largest absolute Gasteiger partial charge is 0.367 e. The molecule has 12 heavy (non-hydrogen) atoms. The summed E-state index contributed by atoms with van der Waals surface area (Å²) >= 11 is 0. The maximum atomic E-state index is 6.77. The van der Waals surface area contributed by atoms with Crippen molar-refractivity contribution in [2.75, 3.05) is 0 Å². The quantitative estimate of drug-likeness (QED) is 0.386. The molecule has 0 spiro atoms. The van der Waals surface area contributed by atoms with Crippen LogP contribution in [0.25, 0.3) is 0 Å². The van der Waals surface area contributed by atoms with Crippen LogP contribution in [-0.2, 0) is 6.54 Å². The second kappa shape index (κ2) is 4.17. The molecule has 5 heteroatoms. The topological polar surface area (TPSA) is 87.5 Å². The summed E-state index contributed by atoms with van der Waals surface area (Å²) in [5.41, 5.74) is 5.96. The number of nitrogens with one attached hydrogen (secondary N) is 1. The molecule has 0 bridgehead atoms. The molecule has 5 nitrogen and oxygen atoms in total. The van der Waals surface area contributed by atoms with Crippen LogP contribution in [0.2, 0.25) is 0 Å². The number of nitrogens with two attached hydrogens (primary N) is 1. The predicted molar refractivity (Wildman–Crippen MR) is 44.7 cm³/mol. The highest BCUT2D eigenvalue weighted by Gasteiger charge is 1.87. The van der Waals surface area contributed by atoms with Gasteiger partial charge in [0.25, 0.3) is 0 Å². The van der Waals surface area contributed by atoms with Gasteiger partial charge in [0.2, 0.25) is 5.96 Å². The molecule has 0 amide bonds. The van der Waals surface area contributed by atoms with Gasteiger partial charge >= 0.3 is 0 Å². The van der Waals surface area contributed by atoms with E-state index in [1.165, 1.54) is 0 Å². The van der Waals surface area contributed by atoms with Gasteiger partial charge in [-0.15, -0.1) is 5.11 Å². The van der Waals surface area contributed by atoms with E-state index in [0.29, 0.717) is 6.54 Å². The molecule has 3 N–H and O–H groups in total. The van der Waals surface area contributed by atoms with Gasteiger partial charge in [0.1, 0.15) is 0 Å². The second-order valence-electron chi connectivity index (χ2n) is 2.14. The van der Waals surface area contributed by atoms with Gasteiger partial charge in [0.15, 0.2) is 0 Å². The lowest BCUT2D eigenvalue weighted by Crippen LogP contribution is -2.03. The van der Waals surface area contributed by atoms with Gasteiger partial charge in [-0.05, 0) is 17.7 Å². The third-order valence-electron chi connectivity index (χ3n) is 1.18. The molecule has 1 rings (SSSR count). The molecule has 0 aromatic carbocycles. The van der Waals surface area contributed by atoms with E-state index in [1.54, 1.807) is 12.4 Å². The lowest BCUT2D eigenvalue weighted by molar-refractivity contribution is 0.959. The first-order valence-corrected chi connectivity index (χ1v) is 3.39. The van der Waals surface area contributed by atoms with Crippen molar-refractivity contribution in [2.45, 2.75) is 6.54 Å². The van der Waals surface area contributed by atoms with E-state index in [4.69, 9.17) is 11.1 Å². The Morgan fingerprint density at radius 1 is 1.50 bits per heavy atom. The van der Waals surface area contributed by atoms with Crippen LogP contribution in [0.5, 0.6) is 0 Å². The van der Waals surface area contributed by atoms with Gasteiger partial charge in [0, 0.05) is 12.4 Å². The van der Waals surface area contributed by atoms with Crippen molar-refractivity contribution in [1.82, 2.24) is 4.98 Å². The number of hydrogen-bond donors (Lipinski definition) is 2. The first-order chi connectivity index (χ1) is 5.79. The summed E-state index contributed by atoms with van der Waals surface area (Å²) in [7, 11) is 0. The lowest BCUT2D eigenvalue weighted by atomic mass is 10.3. The summed E-state index contributed by atoms with van der Waals surface area (Å²) in [4.78, 5) is 3.85. The van der Waals surface area contributed by atoms with Gasteiger partial charge in [-0.3, -0.25) is 10.4 Å². The molecule has 0 saturated heterocycles. The Labute approximate surface area is 69.9 Å². The van der Waals surface area contributed by atoms with Crippen molar-refractivity contribution in [2.24, 2.45) is 16.0 Å². The van der Waals surface area contributed by atoms with E-state index in [2.05, 4.69) is 15.2 Å². The molecule has 0 aliphatic carbocycles. The highest BCUT2D eigenvalue weighted by atomic mass is 15.2. The van der Waals surface area contributed by atoms with Crippen LogP contribution < -0.4 is 5.73 Å². The van der Waals surface area contributed by atoms with Crippen molar-refractivity contribution >= 4 is 5.96 Å². The number of guanidine groups is 1. The standard InChI is InChI=1S/C7H9N5/c8-7(9)12-11-5-6-1-3-10-4-2-6/h1-4H,5H2,(H3,8,9). The summed E-state index contributed by atoms with van der Waals surface area (Å²) in [5.74, 6) is -0.274. The summed E-state index contributed by atoms with van der Waals surface area (Å²) in [6.45, 7) is 0.433. The van der Waals surface area contributed by atoms with Crippen molar-refractivity contribution in [3.8, 4) is 0 Å². The number of azo groups is 1. The molecule has 1 aromatic rings. The van der Waals surface area contributed by atoms with Crippen LogP contribution in [0.15, 0.2) is 34.8 Å². The summed E-state index contributed by atoms with van der Waals surface area (Å²) in [6, 6.07) is 3.66. The molecule has 0 aliphatic heterocycles. The molecule has 62 valence electrons. The van der Waals surface area contributed by atoms with Crippen LogP contribution in [-0.4, -0.2) is 10.9 Å². The Hall–Kier alpha value is -1.78. The number of hydrogen-bond acceptors (Lipinski definition) is 3. The highest BCUT2D eigenvalue weighted by Crippen LogP contribution is 1.97. The number of pyridine rings is 1. The van der Waals surface area contributed by atoms with Crippen LogP contribution in [0.3, 0.4) is 0 Å². The van der Waals surface area contributed by atoms with Crippen molar-refractivity contribution in [3.63, 3.8) is 0 Å². The van der Waals surface area contributed by atoms with Crippen LogP contribution >= 0.6 is 0 Å². The van der Waals surface area contributed by atoms with Crippen molar-refractivity contribution in [3.05, 3.63) is 30.1 Å². The van der Waals surface area contributed by atoms with E-state index in [1.807, 2.05) is 12.1 Å². The number of rotatable bonds is 2. The molecule has 0 atom stereocenters. The Balaban J connectivity index is 2.49. The number of aromatic nitrogens is 1. The molecule has 1 heterocycles. The molecular weight excluding hydrogens is 154 g/mol. The highest BCUT2D eigenvalue weighted by molar-refractivity contribution is 5.74. The molecule has 0 fully saturated rings. The maximum absolute atomic E-state index is 6.77. The van der Waals surface area contributed by atoms with Crippen LogP contribution in [0.4, 0.5) is 0 Å². The minimum absolute atomic E-state index is 0.274. The smallest absolute Gasteiger partial charge is 0.232 e. The van der Waals surface area contributed by atoms with Gasteiger partial charge < -0.3 is 5.73 Å². The molecular formula is C7H9N5. The zero-order valence-corrected chi connectivity index (χ0v) is 6.44. The normalized spacial score (nSPS) is 10.3. The molecule has 1 aromatic heterocycles. The minimum atomic E-state index is -0.274. The second-order valence-corrected chi connectivity index (χ2v) is 2.14. The monoisotopic (exact) mass is 163 g/mol. The molecule has 0 unspecified atom stereocenters. The summed E-state index contributed by atoms with van der Waals surface area (Å²) in [5, 5.41) is 13.8. The zero-order chi connectivity index (χ0) is 8.81. The van der Waals surface area contributed by atoms with Crippen molar-refractivity contribution in [1.29, 1.82) is 5.41 Å². The summed E-state index contributed by atoms with van der Waals surface area (Å²) in [6.07, 6.45) is 3.36. The first kappa shape index (κ1) is 8.32. The zero-order valence-electron chi connectivity index (χ0n) is 6.44. The fourth-order valence-electron chi connectivity index (χ4n) is 0.681. The minimum Gasteiger partial charge on any atom is -0.367 e. The van der Waals surface area contributed by atoms with E-state index in [-0.39, 0.29) is 5.96 Å². The lowest BCUT2D eigenvalue weighted by Gasteiger charge is -1.91. The maximum Gasteiger partial charge on any atom is 0.232 e. The Morgan fingerprint density at radius 3 is 2.75 bits per heavy atom. The van der Waals surface area contributed by atoms with Crippen LogP contribution in [0.1, 0.15) is 5.56 Å². The van der Waals surface area contributed by atoms with Crippen LogP contribution in [0, 0.1) is 5.41 Å². The van der Waals surface area contributed by atoms with E-state index in [9.17, 15) is 0 Å². The fourth-order valence-corrected chi connectivity index (χ4v) is 0.681. The predicted octanol–water partition coefficient (Wildman–Crippen LogP) is 0.927. The number of nitrogens with zero attached hydrogens (tertiary/aromatic N) is 3. The van der Waals surface area contributed by atoms with Gasteiger partial charge in [0.05, 0.1) is 6.54 Å². The summed E-state index contributed by atoms with van der Waals surface area (Å²) < 4.78 is 0. The van der Waals surface area contributed by atoms with E-state index < -0.39 is 0 Å². The Morgan fingerprint density at radius 2 is 2.17 bits per heavy atom. The van der Waals surface area contributed by atoms with E-state index in [0.717, 1.165) is 5.56 Å². The molecule has 0 aliphatic rings. The average Bonchev–Trinajstić information content (AvgIpc) is 2.05.